The lowest BCUT2D eigenvalue weighted by Gasteiger charge is -2.20. The molecule has 0 radical (unpaired) electrons. The second-order valence-corrected chi connectivity index (χ2v) is 6.81. The van der Waals surface area contributed by atoms with Gasteiger partial charge in [-0.15, -0.1) is 0 Å². The Balaban J connectivity index is 2.36. The highest BCUT2D eigenvalue weighted by atomic mass is 16.6. The van der Waals surface area contributed by atoms with Crippen LogP contribution in [0.4, 0.5) is 4.79 Å². The number of para-hydroxylation sites is 1. The normalized spacial score (nSPS) is 11.7. The van der Waals surface area contributed by atoms with Crippen molar-refractivity contribution in [3.8, 4) is 0 Å². The number of carbonyl (C=O) groups is 2. The molecule has 1 aromatic carbocycles. The van der Waals surface area contributed by atoms with Gasteiger partial charge in [0.05, 0.1) is 23.8 Å². The summed E-state index contributed by atoms with van der Waals surface area (Å²) in [5, 5.41) is 1.60. The number of benzene rings is 1. The van der Waals surface area contributed by atoms with Gasteiger partial charge in [-0.3, -0.25) is 0 Å². The Morgan fingerprint density at radius 1 is 1.12 bits per heavy atom. The van der Waals surface area contributed by atoms with Crippen LogP contribution in [0.25, 0.3) is 21.8 Å². The van der Waals surface area contributed by atoms with Crippen LogP contribution < -0.4 is 0 Å². The van der Waals surface area contributed by atoms with E-state index in [2.05, 4.69) is 4.98 Å². The van der Waals surface area contributed by atoms with Crippen molar-refractivity contribution in [2.24, 2.45) is 0 Å². The minimum Gasteiger partial charge on any atom is -0.464 e. The lowest BCUT2D eigenvalue weighted by atomic mass is 10.1. The summed E-state index contributed by atoms with van der Waals surface area (Å²) in [4.78, 5) is 29.0. The van der Waals surface area contributed by atoms with Gasteiger partial charge in [-0.05, 0) is 39.8 Å². The third-order valence-corrected chi connectivity index (χ3v) is 3.80. The van der Waals surface area contributed by atoms with Crippen molar-refractivity contribution >= 4 is 33.9 Å². The summed E-state index contributed by atoms with van der Waals surface area (Å²) >= 11 is 0. The Bertz CT molecular complexity index is 996. The minimum absolute atomic E-state index is 0.208. The molecule has 2 heterocycles. The Hall–Kier alpha value is -2.89. The highest BCUT2D eigenvalue weighted by molar-refractivity contribution is 6.14. The molecule has 130 valence electrons. The minimum atomic E-state index is -0.623. The largest absolute Gasteiger partial charge is 0.464 e. The Kier molecular flexibility index (Phi) is 3.99. The Labute approximate surface area is 145 Å². The summed E-state index contributed by atoms with van der Waals surface area (Å²) in [6.45, 7) is 7.21. The van der Waals surface area contributed by atoms with E-state index in [0.717, 1.165) is 10.8 Å². The molecule has 0 saturated carbocycles. The first-order chi connectivity index (χ1) is 11.7. The number of hydrogen-bond donors (Lipinski definition) is 0. The summed E-state index contributed by atoms with van der Waals surface area (Å²) in [6.07, 6.45) is -0.477. The topological polar surface area (TPSA) is 70.4 Å². The van der Waals surface area contributed by atoms with Gasteiger partial charge in [0.25, 0.3) is 0 Å². The molecule has 0 aliphatic rings. The highest BCUT2D eigenvalue weighted by Gasteiger charge is 2.24. The number of pyridine rings is 1. The van der Waals surface area contributed by atoms with Crippen LogP contribution in [0.15, 0.2) is 30.3 Å². The average Bonchev–Trinajstić information content (AvgIpc) is 2.88. The predicted molar refractivity (Wildman–Crippen MR) is 94.9 cm³/mol. The van der Waals surface area contributed by atoms with Gasteiger partial charge >= 0.3 is 12.1 Å². The molecule has 6 nitrogen and oxygen atoms in total. The number of aromatic nitrogens is 2. The van der Waals surface area contributed by atoms with Crippen LogP contribution in [-0.4, -0.2) is 34.3 Å². The zero-order chi connectivity index (χ0) is 18.4. The van der Waals surface area contributed by atoms with Gasteiger partial charge in [0.2, 0.25) is 0 Å². The number of ether oxygens (including phenoxy) is 2. The maximum absolute atomic E-state index is 12.8. The first-order valence-corrected chi connectivity index (χ1v) is 7.95. The number of fused-ring (bicyclic) bond motifs is 3. The van der Waals surface area contributed by atoms with Crippen molar-refractivity contribution in [1.29, 1.82) is 0 Å². The molecular formula is C19H20N2O4. The Morgan fingerprint density at radius 3 is 2.44 bits per heavy atom. The summed E-state index contributed by atoms with van der Waals surface area (Å²) in [6, 6.07) is 9.13. The predicted octanol–water partition coefficient (Wildman–Crippen LogP) is 4.07. The van der Waals surface area contributed by atoms with E-state index < -0.39 is 17.7 Å². The summed E-state index contributed by atoms with van der Waals surface area (Å²) in [5.41, 5.74) is 1.48. The van der Waals surface area contributed by atoms with E-state index in [1.165, 1.54) is 11.7 Å². The maximum Gasteiger partial charge on any atom is 0.419 e. The number of nitrogens with zero attached hydrogens (tertiary/aromatic N) is 2. The molecule has 0 atom stereocenters. The molecule has 0 N–H and O–H groups in total. The molecular weight excluding hydrogens is 320 g/mol. The molecule has 0 aliphatic heterocycles. The fraction of sp³-hybridized carbons (Fsp3) is 0.316. The fourth-order valence-electron chi connectivity index (χ4n) is 2.88. The highest BCUT2D eigenvalue weighted by Crippen LogP contribution is 2.31. The van der Waals surface area contributed by atoms with E-state index in [4.69, 9.17) is 9.47 Å². The van der Waals surface area contributed by atoms with E-state index in [9.17, 15) is 9.59 Å². The molecule has 3 aromatic rings. The van der Waals surface area contributed by atoms with Crippen LogP contribution in [0.3, 0.4) is 0 Å². The summed E-state index contributed by atoms with van der Waals surface area (Å²) < 4.78 is 11.8. The van der Waals surface area contributed by atoms with E-state index in [1.54, 1.807) is 13.0 Å². The summed E-state index contributed by atoms with van der Waals surface area (Å²) in [5.74, 6) is -0.515. The van der Waals surface area contributed by atoms with Crippen LogP contribution >= 0.6 is 0 Å². The van der Waals surface area contributed by atoms with Crippen LogP contribution in [0, 0.1) is 6.92 Å². The number of rotatable bonds is 1. The number of carbonyl (C=O) groups excluding carboxylic acids is 2. The molecule has 6 heteroatoms. The number of methoxy groups -OCH3 is 1. The van der Waals surface area contributed by atoms with E-state index in [0.29, 0.717) is 16.7 Å². The third-order valence-electron chi connectivity index (χ3n) is 3.80. The molecule has 3 rings (SSSR count). The average molecular weight is 340 g/mol. The van der Waals surface area contributed by atoms with Gasteiger partial charge in [0.1, 0.15) is 11.3 Å². The second-order valence-electron chi connectivity index (χ2n) is 6.81. The van der Waals surface area contributed by atoms with Crippen molar-refractivity contribution in [2.75, 3.05) is 7.11 Å². The van der Waals surface area contributed by atoms with Crippen molar-refractivity contribution in [3.05, 3.63) is 41.7 Å². The first-order valence-electron chi connectivity index (χ1n) is 7.95. The van der Waals surface area contributed by atoms with E-state index in [-0.39, 0.29) is 5.69 Å². The molecule has 0 saturated heterocycles. The summed E-state index contributed by atoms with van der Waals surface area (Å²) in [7, 11) is 1.31. The lowest BCUT2D eigenvalue weighted by molar-refractivity contribution is 0.0550. The SMILES string of the molecule is COC(=O)c1cc2c3ccccc3n(C(=O)OC(C)(C)C)c2c(C)n1. The zero-order valence-corrected chi connectivity index (χ0v) is 14.9. The second kappa shape index (κ2) is 5.88. The van der Waals surface area contributed by atoms with Gasteiger partial charge in [-0.1, -0.05) is 18.2 Å². The third kappa shape index (κ3) is 2.95. The molecule has 0 amide bonds. The van der Waals surface area contributed by atoms with E-state index in [1.807, 2.05) is 45.0 Å². The van der Waals surface area contributed by atoms with Crippen LogP contribution in [0.5, 0.6) is 0 Å². The van der Waals surface area contributed by atoms with Gasteiger partial charge in [0, 0.05) is 10.8 Å². The van der Waals surface area contributed by atoms with Gasteiger partial charge in [-0.25, -0.2) is 19.1 Å². The molecule has 0 unspecified atom stereocenters. The van der Waals surface area contributed by atoms with Crippen molar-refractivity contribution < 1.29 is 19.1 Å². The quantitative estimate of drug-likeness (QED) is 0.625. The molecule has 0 spiro atoms. The van der Waals surface area contributed by atoms with Gasteiger partial charge in [0.15, 0.2) is 0 Å². The van der Waals surface area contributed by atoms with Crippen molar-refractivity contribution in [3.63, 3.8) is 0 Å². The molecule has 0 aliphatic carbocycles. The zero-order valence-electron chi connectivity index (χ0n) is 14.9. The Morgan fingerprint density at radius 2 is 1.80 bits per heavy atom. The fourth-order valence-corrected chi connectivity index (χ4v) is 2.88. The monoisotopic (exact) mass is 340 g/mol. The van der Waals surface area contributed by atoms with Crippen molar-refractivity contribution in [1.82, 2.24) is 9.55 Å². The van der Waals surface area contributed by atoms with Crippen molar-refractivity contribution in [2.45, 2.75) is 33.3 Å². The van der Waals surface area contributed by atoms with Gasteiger partial charge < -0.3 is 9.47 Å². The smallest absolute Gasteiger partial charge is 0.419 e. The number of hydrogen-bond acceptors (Lipinski definition) is 5. The molecule has 0 bridgehead atoms. The number of aryl methyl sites for hydroxylation is 1. The maximum atomic E-state index is 12.8. The van der Waals surface area contributed by atoms with Gasteiger partial charge in [-0.2, -0.15) is 0 Å². The number of esters is 1. The molecule has 2 aromatic heterocycles. The molecule has 0 fully saturated rings. The lowest BCUT2D eigenvalue weighted by Crippen LogP contribution is -2.27. The standard InChI is InChI=1S/C19H20N2O4/c1-11-16-13(10-14(20-11)17(22)24-5)12-8-6-7-9-15(12)21(16)18(23)25-19(2,3)4/h6-10H,1-5H3. The van der Waals surface area contributed by atoms with Crippen LogP contribution in [-0.2, 0) is 9.47 Å². The molecule has 25 heavy (non-hydrogen) atoms. The van der Waals surface area contributed by atoms with Crippen LogP contribution in [0.2, 0.25) is 0 Å². The van der Waals surface area contributed by atoms with E-state index >= 15 is 0 Å². The van der Waals surface area contributed by atoms with Crippen LogP contribution in [0.1, 0.15) is 37.0 Å². The first kappa shape index (κ1) is 17.0.